The van der Waals surface area contributed by atoms with Gasteiger partial charge >= 0.3 is 6.36 Å². The molecule has 96 valence electrons. The Morgan fingerprint density at radius 2 is 2.06 bits per heavy atom. The second-order valence-corrected chi connectivity index (χ2v) is 4.26. The molecule has 1 aliphatic rings. The topological polar surface area (TPSA) is 37.0 Å². The smallest absolute Gasteiger partial charge is 0.406 e. The van der Waals surface area contributed by atoms with Gasteiger partial charge in [-0.15, -0.1) is 13.2 Å². The maximum Gasteiger partial charge on any atom is 0.573 e. The summed E-state index contributed by atoms with van der Waals surface area (Å²) < 4.78 is 40.4. The molecule has 0 aliphatic carbocycles. The highest BCUT2D eigenvalue weighted by molar-refractivity contribution is 5.86. The summed E-state index contributed by atoms with van der Waals surface area (Å²) in [5, 5.41) is 3.99. The van der Waals surface area contributed by atoms with Gasteiger partial charge in [0, 0.05) is 36.1 Å². The van der Waals surface area contributed by atoms with E-state index in [9.17, 15) is 13.2 Å². The molecule has 0 unspecified atom stereocenters. The van der Waals surface area contributed by atoms with Crippen LogP contribution >= 0.6 is 0 Å². The molecular formula is C12H11F3N2O. The molecule has 0 saturated carbocycles. The number of halogens is 3. The highest BCUT2D eigenvalue weighted by atomic mass is 19.4. The van der Waals surface area contributed by atoms with Crippen molar-refractivity contribution in [3.8, 4) is 5.75 Å². The molecule has 2 heterocycles. The summed E-state index contributed by atoms with van der Waals surface area (Å²) in [6, 6.07) is 4.38. The van der Waals surface area contributed by atoms with E-state index in [1.165, 1.54) is 12.1 Å². The van der Waals surface area contributed by atoms with Crippen molar-refractivity contribution in [1.29, 1.82) is 0 Å². The molecule has 0 saturated heterocycles. The van der Waals surface area contributed by atoms with Gasteiger partial charge in [-0.2, -0.15) is 0 Å². The van der Waals surface area contributed by atoms with E-state index in [0.29, 0.717) is 6.54 Å². The zero-order valence-electron chi connectivity index (χ0n) is 9.40. The van der Waals surface area contributed by atoms with Crippen LogP contribution in [0.1, 0.15) is 11.3 Å². The molecule has 0 fully saturated rings. The van der Waals surface area contributed by atoms with Crippen molar-refractivity contribution >= 4 is 10.9 Å². The Bertz CT molecular complexity index is 589. The molecule has 2 aromatic rings. The second kappa shape index (κ2) is 3.91. The summed E-state index contributed by atoms with van der Waals surface area (Å²) in [6.07, 6.45) is -3.79. The number of hydrogen-bond acceptors (Lipinski definition) is 2. The van der Waals surface area contributed by atoms with Crippen molar-refractivity contribution in [2.75, 3.05) is 6.54 Å². The molecule has 0 atom stereocenters. The van der Waals surface area contributed by atoms with E-state index in [-0.39, 0.29) is 5.75 Å². The molecule has 3 nitrogen and oxygen atoms in total. The minimum atomic E-state index is -4.65. The first-order valence-corrected chi connectivity index (χ1v) is 5.63. The summed E-state index contributed by atoms with van der Waals surface area (Å²) in [6.45, 7) is 1.55. The predicted molar refractivity (Wildman–Crippen MR) is 60.4 cm³/mol. The zero-order valence-corrected chi connectivity index (χ0v) is 9.40. The molecule has 18 heavy (non-hydrogen) atoms. The highest BCUT2D eigenvalue weighted by Gasteiger charge is 2.31. The number of ether oxygens (including phenoxy) is 1. The van der Waals surface area contributed by atoms with Crippen LogP contribution < -0.4 is 10.1 Å². The van der Waals surface area contributed by atoms with E-state index in [2.05, 4.69) is 15.0 Å². The van der Waals surface area contributed by atoms with Crippen LogP contribution in [0.25, 0.3) is 10.9 Å². The molecule has 1 aromatic carbocycles. The molecule has 6 heteroatoms. The van der Waals surface area contributed by atoms with Gasteiger partial charge in [0.15, 0.2) is 0 Å². The van der Waals surface area contributed by atoms with E-state index in [0.717, 1.165) is 35.1 Å². The monoisotopic (exact) mass is 256 g/mol. The summed E-state index contributed by atoms with van der Waals surface area (Å²) in [5.74, 6) is -0.178. The minimum Gasteiger partial charge on any atom is -0.406 e. The average molecular weight is 256 g/mol. The number of alkyl halides is 3. The van der Waals surface area contributed by atoms with E-state index < -0.39 is 6.36 Å². The lowest BCUT2D eigenvalue weighted by atomic mass is 10.1. The van der Waals surface area contributed by atoms with Gasteiger partial charge in [-0.1, -0.05) is 0 Å². The van der Waals surface area contributed by atoms with Gasteiger partial charge < -0.3 is 15.0 Å². The summed E-state index contributed by atoms with van der Waals surface area (Å²) in [7, 11) is 0. The molecule has 0 bridgehead atoms. The largest absolute Gasteiger partial charge is 0.573 e. The number of rotatable bonds is 1. The van der Waals surface area contributed by atoms with Gasteiger partial charge in [0.25, 0.3) is 0 Å². The van der Waals surface area contributed by atoms with Gasteiger partial charge in [0.1, 0.15) is 5.75 Å². The Morgan fingerprint density at radius 3 is 2.83 bits per heavy atom. The quantitative estimate of drug-likeness (QED) is 0.823. The first kappa shape index (κ1) is 11.4. The van der Waals surface area contributed by atoms with Gasteiger partial charge in [-0.3, -0.25) is 0 Å². The maximum absolute atomic E-state index is 12.2. The molecule has 0 amide bonds. The van der Waals surface area contributed by atoms with Crippen LogP contribution in [0.15, 0.2) is 18.2 Å². The third-order valence-electron chi connectivity index (χ3n) is 3.05. The molecule has 2 N–H and O–H groups in total. The predicted octanol–water partition coefficient (Wildman–Crippen LogP) is 2.71. The van der Waals surface area contributed by atoms with Crippen molar-refractivity contribution in [3.63, 3.8) is 0 Å². The Balaban J connectivity index is 2.05. The first-order valence-electron chi connectivity index (χ1n) is 5.63. The number of benzene rings is 1. The standard InChI is InChI=1S/C12H11F3N2O/c13-12(14,15)18-7-1-2-10-8(5-7)9-6-16-4-3-11(9)17-10/h1-2,5,16-17H,3-4,6H2. The van der Waals surface area contributed by atoms with Crippen molar-refractivity contribution < 1.29 is 17.9 Å². The summed E-state index contributed by atoms with van der Waals surface area (Å²) >= 11 is 0. The molecular weight excluding hydrogens is 245 g/mol. The highest BCUT2D eigenvalue weighted by Crippen LogP contribution is 2.30. The Labute approximate surface area is 101 Å². The van der Waals surface area contributed by atoms with Crippen molar-refractivity contribution in [2.24, 2.45) is 0 Å². The summed E-state index contributed by atoms with van der Waals surface area (Å²) in [5.41, 5.74) is 2.97. The molecule has 1 aromatic heterocycles. The van der Waals surface area contributed by atoms with Gasteiger partial charge in [-0.05, 0) is 23.8 Å². The fraction of sp³-hybridized carbons (Fsp3) is 0.333. The van der Waals surface area contributed by atoms with Crippen molar-refractivity contribution in [2.45, 2.75) is 19.3 Å². The fourth-order valence-electron chi connectivity index (χ4n) is 2.32. The normalized spacial score (nSPS) is 15.7. The van der Waals surface area contributed by atoms with E-state index >= 15 is 0 Å². The molecule has 1 aliphatic heterocycles. The number of aromatic amines is 1. The SMILES string of the molecule is FC(F)(F)Oc1ccc2[nH]c3c(c2c1)CNCC3. The number of hydrogen-bond donors (Lipinski definition) is 2. The molecule has 0 spiro atoms. The lowest BCUT2D eigenvalue weighted by Crippen LogP contribution is -2.22. The Kier molecular flexibility index (Phi) is 2.48. The van der Waals surface area contributed by atoms with Crippen LogP contribution in [0.3, 0.4) is 0 Å². The van der Waals surface area contributed by atoms with Crippen LogP contribution in [-0.4, -0.2) is 17.9 Å². The number of nitrogens with one attached hydrogen (secondary N) is 2. The van der Waals surface area contributed by atoms with Crippen LogP contribution in [0.4, 0.5) is 13.2 Å². The van der Waals surface area contributed by atoms with Crippen molar-refractivity contribution in [3.05, 3.63) is 29.5 Å². The lowest BCUT2D eigenvalue weighted by molar-refractivity contribution is -0.274. The minimum absolute atomic E-state index is 0.178. The van der Waals surface area contributed by atoms with Crippen LogP contribution in [-0.2, 0) is 13.0 Å². The maximum atomic E-state index is 12.2. The van der Waals surface area contributed by atoms with Gasteiger partial charge in [-0.25, -0.2) is 0 Å². The van der Waals surface area contributed by atoms with Crippen LogP contribution in [0.2, 0.25) is 0 Å². The van der Waals surface area contributed by atoms with Crippen LogP contribution in [0.5, 0.6) is 5.75 Å². The fourth-order valence-corrected chi connectivity index (χ4v) is 2.32. The van der Waals surface area contributed by atoms with Crippen LogP contribution in [0, 0.1) is 0 Å². The molecule has 3 rings (SSSR count). The average Bonchev–Trinajstić information content (AvgIpc) is 2.65. The molecule has 0 radical (unpaired) electrons. The van der Waals surface area contributed by atoms with Gasteiger partial charge in [0.2, 0.25) is 0 Å². The number of aromatic nitrogens is 1. The Hall–Kier alpha value is -1.69. The third-order valence-corrected chi connectivity index (χ3v) is 3.05. The van der Waals surface area contributed by atoms with E-state index in [1.807, 2.05) is 0 Å². The number of H-pyrrole nitrogens is 1. The third kappa shape index (κ3) is 2.03. The van der Waals surface area contributed by atoms with E-state index in [1.54, 1.807) is 6.07 Å². The summed E-state index contributed by atoms with van der Waals surface area (Å²) in [4.78, 5) is 3.23. The van der Waals surface area contributed by atoms with E-state index in [4.69, 9.17) is 0 Å². The zero-order chi connectivity index (χ0) is 12.8. The Morgan fingerprint density at radius 1 is 1.22 bits per heavy atom. The van der Waals surface area contributed by atoms with Gasteiger partial charge in [0.05, 0.1) is 0 Å². The number of fused-ring (bicyclic) bond motifs is 3. The first-order chi connectivity index (χ1) is 8.53. The van der Waals surface area contributed by atoms with Crippen molar-refractivity contribution in [1.82, 2.24) is 10.3 Å². The second-order valence-electron chi connectivity index (χ2n) is 4.26. The lowest BCUT2D eigenvalue weighted by Gasteiger charge is -2.13.